The fourth-order valence-corrected chi connectivity index (χ4v) is 1.62. The van der Waals surface area contributed by atoms with Crippen LogP contribution in [0.15, 0.2) is 0 Å². The molecule has 1 radical (unpaired) electrons. The molecule has 0 rings (SSSR count). The Bertz CT molecular complexity index is 126. The van der Waals surface area contributed by atoms with Gasteiger partial charge in [-0.25, -0.2) is 0 Å². The summed E-state index contributed by atoms with van der Waals surface area (Å²) < 4.78 is 11.0. The molecular weight excluding hydrogens is 200 g/mol. The van der Waals surface area contributed by atoms with E-state index in [2.05, 4.69) is 20.8 Å². The van der Waals surface area contributed by atoms with Crippen LogP contribution in [-0.2, 0) is 9.47 Å². The summed E-state index contributed by atoms with van der Waals surface area (Å²) in [4.78, 5) is 0. The van der Waals surface area contributed by atoms with E-state index in [9.17, 15) is 0 Å². The zero-order valence-electron chi connectivity index (χ0n) is 11.2. The van der Waals surface area contributed by atoms with Gasteiger partial charge in [-0.15, -0.1) is 0 Å². The molecule has 0 fully saturated rings. The Morgan fingerprint density at radius 2 is 1.75 bits per heavy atom. The lowest BCUT2D eigenvalue weighted by Crippen LogP contribution is -2.10. The molecule has 0 aromatic heterocycles. The highest BCUT2D eigenvalue weighted by atomic mass is 16.5. The summed E-state index contributed by atoms with van der Waals surface area (Å²) in [6.45, 7) is 11.6. The number of unbranched alkanes of at least 4 members (excludes halogenated alkanes) is 1. The van der Waals surface area contributed by atoms with Gasteiger partial charge >= 0.3 is 0 Å². The van der Waals surface area contributed by atoms with Gasteiger partial charge < -0.3 is 9.47 Å². The van der Waals surface area contributed by atoms with E-state index in [0.717, 1.165) is 45.2 Å². The highest BCUT2D eigenvalue weighted by Gasteiger charge is 2.05. The smallest absolute Gasteiger partial charge is 0.0494 e. The average Bonchev–Trinajstić information content (AvgIpc) is 2.32. The van der Waals surface area contributed by atoms with Crippen molar-refractivity contribution in [3.63, 3.8) is 0 Å². The third-order valence-electron chi connectivity index (χ3n) is 2.76. The largest absolute Gasteiger partial charge is 0.381 e. The van der Waals surface area contributed by atoms with Crippen LogP contribution in [0.3, 0.4) is 0 Å². The minimum atomic E-state index is 0.751. The maximum Gasteiger partial charge on any atom is 0.0494 e. The molecule has 1 unspecified atom stereocenters. The first-order valence-corrected chi connectivity index (χ1v) is 6.79. The molecule has 0 aromatic rings. The number of ether oxygens (including phenoxy) is 2. The fraction of sp³-hybridized carbons (Fsp3) is 0.929. The summed E-state index contributed by atoms with van der Waals surface area (Å²) >= 11 is 0. The summed E-state index contributed by atoms with van der Waals surface area (Å²) in [5, 5.41) is 0. The van der Waals surface area contributed by atoms with Gasteiger partial charge in [0.15, 0.2) is 0 Å². The van der Waals surface area contributed by atoms with Gasteiger partial charge in [0.25, 0.3) is 0 Å². The zero-order valence-corrected chi connectivity index (χ0v) is 11.2. The second kappa shape index (κ2) is 13.0. The molecule has 97 valence electrons. The number of hydrogen-bond acceptors (Lipinski definition) is 2. The molecule has 0 aliphatic rings. The molecule has 16 heavy (non-hydrogen) atoms. The molecule has 0 saturated carbocycles. The van der Waals surface area contributed by atoms with E-state index in [1.165, 1.54) is 25.7 Å². The molecule has 0 bridgehead atoms. The maximum absolute atomic E-state index is 5.67. The van der Waals surface area contributed by atoms with Crippen LogP contribution in [-0.4, -0.2) is 26.4 Å². The molecule has 0 aliphatic carbocycles. The van der Waals surface area contributed by atoms with Crippen LogP contribution in [0.2, 0.25) is 0 Å². The van der Waals surface area contributed by atoms with Crippen molar-refractivity contribution in [1.29, 1.82) is 0 Å². The molecule has 0 aromatic carbocycles. The first-order chi connectivity index (χ1) is 7.85. The van der Waals surface area contributed by atoms with Crippen molar-refractivity contribution in [3.8, 4) is 0 Å². The van der Waals surface area contributed by atoms with E-state index >= 15 is 0 Å². The van der Waals surface area contributed by atoms with Crippen molar-refractivity contribution in [2.24, 2.45) is 5.92 Å². The zero-order chi connectivity index (χ0) is 12.1. The summed E-state index contributed by atoms with van der Waals surface area (Å²) in [5.41, 5.74) is 0. The van der Waals surface area contributed by atoms with E-state index in [4.69, 9.17) is 9.47 Å². The van der Waals surface area contributed by atoms with Gasteiger partial charge in [-0.05, 0) is 25.2 Å². The normalized spacial score (nSPS) is 12.9. The van der Waals surface area contributed by atoms with Gasteiger partial charge in [0.2, 0.25) is 0 Å². The third kappa shape index (κ3) is 10.4. The molecule has 0 aliphatic heterocycles. The second-order valence-corrected chi connectivity index (χ2v) is 4.31. The Balaban J connectivity index is 3.20. The van der Waals surface area contributed by atoms with Crippen LogP contribution in [0.5, 0.6) is 0 Å². The van der Waals surface area contributed by atoms with Crippen molar-refractivity contribution < 1.29 is 9.47 Å². The minimum absolute atomic E-state index is 0.751. The van der Waals surface area contributed by atoms with Crippen LogP contribution >= 0.6 is 0 Å². The van der Waals surface area contributed by atoms with Crippen molar-refractivity contribution in [2.45, 2.75) is 52.4 Å². The number of hydrogen-bond donors (Lipinski definition) is 0. The molecular formula is C14H29O2. The predicted molar refractivity (Wildman–Crippen MR) is 69.5 cm³/mol. The molecule has 0 spiro atoms. The highest BCUT2D eigenvalue weighted by Crippen LogP contribution is 2.12. The Morgan fingerprint density at radius 1 is 1.00 bits per heavy atom. The lowest BCUT2D eigenvalue weighted by atomic mass is 10.0. The Morgan fingerprint density at radius 3 is 2.38 bits per heavy atom. The van der Waals surface area contributed by atoms with Crippen LogP contribution in [0, 0.1) is 12.8 Å². The van der Waals surface area contributed by atoms with Crippen molar-refractivity contribution in [2.75, 3.05) is 26.4 Å². The van der Waals surface area contributed by atoms with Crippen LogP contribution in [0.25, 0.3) is 0 Å². The quantitative estimate of drug-likeness (QED) is 0.473. The second-order valence-electron chi connectivity index (χ2n) is 4.31. The van der Waals surface area contributed by atoms with Crippen LogP contribution in [0.4, 0.5) is 0 Å². The molecule has 1 atom stereocenters. The first-order valence-electron chi connectivity index (χ1n) is 6.79. The molecule has 0 heterocycles. The highest BCUT2D eigenvalue weighted by molar-refractivity contribution is 4.55. The molecule has 0 saturated heterocycles. The lowest BCUT2D eigenvalue weighted by Gasteiger charge is -2.14. The van der Waals surface area contributed by atoms with Crippen LogP contribution in [0.1, 0.15) is 52.4 Å². The van der Waals surface area contributed by atoms with Gasteiger partial charge in [-0.2, -0.15) is 0 Å². The van der Waals surface area contributed by atoms with Gasteiger partial charge in [-0.3, -0.25) is 0 Å². The number of rotatable bonds is 12. The van der Waals surface area contributed by atoms with Gasteiger partial charge in [-0.1, -0.05) is 40.0 Å². The van der Waals surface area contributed by atoms with Gasteiger partial charge in [0.1, 0.15) is 0 Å². The predicted octanol–water partition coefficient (Wildman–Crippen LogP) is 3.85. The summed E-state index contributed by atoms with van der Waals surface area (Å²) in [5.74, 6) is 0.751. The third-order valence-corrected chi connectivity index (χ3v) is 2.76. The van der Waals surface area contributed by atoms with E-state index in [1.807, 2.05) is 0 Å². The molecule has 2 nitrogen and oxygen atoms in total. The van der Waals surface area contributed by atoms with E-state index in [-0.39, 0.29) is 0 Å². The average molecular weight is 229 g/mol. The molecule has 2 heteroatoms. The minimum Gasteiger partial charge on any atom is -0.381 e. The van der Waals surface area contributed by atoms with Crippen molar-refractivity contribution >= 4 is 0 Å². The summed E-state index contributed by atoms with van der Waals surface area (Å²) in [6.07, 6.45) is 7.02. The van der Waals surface area contributed by atoms with Crippen molar-refractivity contribution in [3.05, 3.63) is 6.92 Å². The Labute approximate surface area is 102 Å². The van der Waals surface area contributed by atoms with Crippen LogP contribution < -0.4 is 0 Å². The van der Waals surface area contributed by atoms with E-state index < -0.39 is 0 Å². The first kappa shape index (κ1) is 15.9. The van der Waals surface area contributed by atoms with E-state index in [0.29, 0.717) is 0 Å². The molecule has 0 N–H and O–H groups in total. The maximum atomic E-state index is 5.67. The SMILES string of the molecule is [CH2]CCOCCCOCC(CC)CCCC. The topological polar surface area (TPSA) is 18.5 Å². The Kier molecular flexibility index (Phi) is 12.9. The van der Waals surface area contributed by atoms with E-state index in [1.54, 1.807) is 0 Å². The monoisotopic (exact) mass is 229 g/mol. The molecule has 0 amide bonds. The Hall–Kier alpha value is -0.0800. The lowest BCUT2D eigenvalue weighted by molar-refractivity contribution is 0.0642. The summed E-state index contributed by atoms with van der Waals surface area (Å²) in [6, 6.07) is 0. The fourth-order valence-electron chi connectivity index (χ4n) is 1.62. The van der Waals surface area contributed by atoms with Gasteiger partial charge in [0.05, 0.1) is 0 Å². The standard InChI is InChI=1S/C14H29O2/c1-4-7-9-14(6-3)13-16-12-8-11-15-10-5-2/h14H,2,4-13H2,1,3H3. The summed E-state index contributed by atoms with van der Waals surface area (Å²) in [7, 11) is 0. The van der Waals surface area contributed by atoms with Crippen molar-refractivity contribution in [1.82, 2.24) is 0 Å². The van der Waals surface area contributed by atoms with Gasteiger partial charge in [0, 0.05) is 26.4 Å².